The molecule has 0 aliphatic carbocycles. The van der Waals surface area contributed by atoms with Gasteiger partial charge in [-0.15, -0.1) is 0 Å². The number of nitrogens with zero attached hydrogens (tertiary/aromatic N) is 1. The minimum absolute atomic E-state index is 0. The molecule has 0 amide bonds. The van der Waals surface area contributed by atoms with Crippen molar-refractivity contribution in [3.05, 3.63) is 60.4 Å². The maximum Gasteiger partial charge on any atom is 0.210 e. The lowest BCUT2D eigenvalue weighted by Gasteiger charge is -1.94. The molecule has 0 unspecified atom stereocenters. The zero-order valence-electron chi connectivity index (χ0n) is 8.02. The van der Waals surface area contributed by atoms with Crippen LogP contribution in [0.3, 0.4) is 0 Å². The van der Waals surface area contributed by atoms with Gasteiger partial charge >= 0.3 is 0 Å². The van der Waals surface area contributed by atoms with Crippen LogP contribution >= 0.6 is 0 Å². The molecule has 72 valence electrons. The van der Waals surface area contributed by atoms with Crippen molar-refractivity contribution in [2.45, 2.75) is 6.92 Å². The molecule has 0 aliphatic rings. The monoisotopic (exact) mass is 297 g/mol. The van der Waals surface area contributed by atoms with Gasteiger partial charge in [-0.3, -0.25) is 0 Å². The number of hydrogen-bond donors (Lipinski definition) is 0. The Morgan fingerprint density at radius 3 is 2.00 bits per heavy atom. The van der Waals surface area contributed by atoms with Gasteiger partial charge in [-0.25, -0.2) is 0 Å². The summed E-state index contributed by atoms with van der Waals surface area (Å²) in [6.07, 6.45) is 4.09. The van der Waals surface area contributed by atoms with Gasteiger partial charge in [-0.2, -0.15) is 4.57 Å². The topological polar surface area (TPSA) is 3.88 Å². The lowest BCUT2D eigenvalue weighted by molar-refractivity contribution is -0.595. The minimum Gasteiger partial charge on any atom is -1.00 e. The largest absolute Gasteiger partial charge is 1.00 e. The van der Waals surface area contributed by atoms with Crippen LogP contribution in [0.2, 0.25) is 0 Å². The fraction of sp³-hybridized carbons (Fsp3) is 0.0833. The van der Waals surface area contributed by atoms with E-state index in [0.717, 1.165) is 0 Å². The fourth-order valence-electron chi connectivity index (χ4n) is 1.29. The first-order valence-electron chi connectivity index (χ1n) is 4.39. The normalized spacial score (nSPS) is 9.21. The summed E-state index contributed by atoms with van der Waals surface area (Å²) in [7, 11) is 0. The number of benzene rings is 1. The molecule has 1 heterocycles. The third-order valence-corrected chi connectivity index (χ3v) is 2.05. The van der Waals surface area contributed by atoms with Gasteiger partial charge in [0.15, 0.2) is 12.4 Å². The highest BCUT2D eigenvalue weighted by molar-refractivity contribution is 5.26. The number of rotatable bonds is 1. The quantitative estimate of drug-likeness (QED) is 0.483. The molecule has 2 rings (SSSR count). The average Bonchev–Trinajstić information content (AvgIpc) is 2.20. The summed E-state index contributed by atoms with van der Waals surface area (Å²) >= 11 is 0. The fourth-order valence-corrected chi connectivity index (χ4v) is 1.29. The molecule has 1 aromatic heterocycles. The second-order valence-corrected chi connectivity index (χ2v) is 3.12. The Balaban J connectivity index is 0.000000980. The molecule has 0 saturated carbocycles. The molecule has 2 aromatic rings. The van der Waals surface area contributed by atoms with E-state index in [1.165, 1.54) is 11.3 Å². The molecule has 14 heavy (non-hydrogen) atoms. The van der Waals surface area contributed by atoms with Crippen molar-refractivity contribution in [2.24, 2.45) is 0 Å². The summed E-state index contributed by atoms with van der Waals surface area (Å²) < 4.78 is 2.10. The van der Waals surface area contributed by atoms with Crippen LogP contribution in [0.25, 0.3) is 5.69 Å². The number of halogens is 1. The maximum absolute atomic E-state index is 2.12. The molecule has 0 saturated heterocycles. The van der Waals surface area contributed by atoms with E-state index < -0.39 is 0 Å². The van der Waals surface area contributed by atoms with Crippen LogP contribution in [0.4, 0.5) is 0 Å². The van der Waals surface area contributed by atoms with E-state index >= 15 is 0 Å². The Kier molecular flexibility index (Phi) is 4.07. The van der Waals surface area contributed by atoms with Gasteiger partial charge in [0.1, 0.15) is 0 Å². The molecule has 0 atom stereocenters. The van der Waals surface area contributed by atoms with Crippen LogP contribution in [0, 0.1) is 6.92 Å². The molecule has 0 N–H and O–H groups in total. The van der Waals surface area contributed by atoms with E-state index in [0.29, 0.717) is 0 Å². The summed E-state index contributed by atoms with van der Waals surface area (Å²) in [5.41, 5.74) is 2.49. The second kappa shape index (κ2) is 5.10. The smallest absolute Gasteiger partial charge is 0.210 e. The molecule has 2 heteroatoms. The van der Waals surface area contributed by atoms with Gasteiger partial charge in [-0.05, 0) is 6.92 Å². The predicted molar refractivity (Wildman–Crippen MR) is 52.7 cm³/mol. The predicted octanol–water partition coefficient (Wildman–Crippen LogP) is -0.724. The Labute approximate surface area is 101 Å². The number of aryl methyl sites for hydroxylation is 1. The summed E-state index contributed by atoms with van der Waals surface area (Å²) in [6.45, 7) is 2.10. The Morgan fingerprint density at radius 1 is 0.857 bits per heavy atom. The lowest BCUT2D eigenvalue weighted by atomic mass is 10.2. The zero-order chi connectivity index (χ0) is 9.10. The van der Waals surface area contributed by atoms with Crippen LogP contribution in [0.5, 0.6) is 0 Å². The van der Waals surface area contributed by atoms with E-state index in [9.17, 15) is 0 Å². The standard InChI is InChI=1S/C12H12N.HI/c1-11-5-7-12(8-6-11)13-9-3-2-4-10-13;/h2-10H,1H3;1H/q+1;/p-1. The van der Waals surface area contributed by atoms with Crippen molar-refractivity contribution in [3.63, 3.8) is 0 Å². The summed E-state index contributed by atoms with van der Waals surface area (Å²) in [5.74, 6) is 0. The zero-order valence-corrected chi connectivity index (χ0v) is 10.2. The highest BCUT2D eigenvalue weighted by Gasteiger charge is 2.01. The second-order valence-electron chi connectivity index (χ2n) is 3.12. The highest BCUT2D eigenvalue weighted by Crippen LogP contribution is 2.01. The first-order valence-corrected chi connectivity index (χ1v) is 4.39. The molecule has 1 nitrogen and oxygen atoms in total. The van der Waals surface area contributed by atoms with Crippen molar-refractivity contribution in [1.82, 2.24) is 0 Å². The summed E-state index contributed by atoms with van der Waals surface area (Å²) in [6, 6.07) is 14.6. The van der Waals surface area contributed by atoms with E-state index in [1.807, 2.05) is 30.6 Å². The van der Waals surface area contributed by atoms with Crippen molar-refractivity contribution >= 4 is 0 Å². The Morgan fingerprint density at radius 2 is 1.43 bits per heavy atom. The Hall–Kier alpha value is -0.900. The number of hydrogen-bond acceptors (Lipinski definition) is 0. The van der Waals surface area contributed by atoms with Gasteiger partial charge in [0, 0.05) is 24.3 Å². The third kappa shape index (κ3) is 2.54. The van der Waals surface area contributed by atoms with E-state index in [2.05, 4.69) is 35.8 Å². The maximum atomic E-state index is 2.12. The van der Waals surface area contributed by atoms with Crippen LogP contribution in [-0.4, -0.2) is 0 Å². The van der Waals surface area contributed by atoms with E-state index in [4.69, 9.17) is 0 Å². The van der Waals surface area contributed by atoms with Gasteiger partial charge in [0.05, 0.1) is 0 Å². The molecule has 0 fully saturated rings. The molecular formula is C12H12IN. The van der Waals surface area contributed by atoms with E-state index in [-0.39, 0.29) is 24.0 Å². The van der Waals surface area contributed by atoms with E-state index in [1.54, 1.807) is 0 Å². The van der Waals surface area contributed by atoms with Crippen molar-refractivity contribution in [2.75, 3.05) is 0 Å². The first kappa shape index (κ1) is 11.2. The van der Waals surface area contributed by atoms with Crippen molar-refractivity contribution < 1.29 is 28.5 Å². The number of aromatic nitrogens is 1. The lowest BCUT2D eigenvalue weighted by Crippen LogP contribution is -3.00. The van der Waals surface area contributed by atoms with Crippen LogP contribution in [0.1, 0.15) is 5.56 Å². The number of pyridine rings is 1. The molecule has 0 radical (unpaired) electrons. The minimum atomic E-state index is 0. The van der Waals surface area contributed by atoms with Gasteiger partial charge < -0.3 is 24.0 Å². The van der Waals surface area contributed by atoms with Crippen LogP contribution in [0.15, 0.2) is 54.9 Å². The van der Waals surface area contributed by atoms with Gasteiger partial charge in [0.25, 0.3) is 0 Å². The van der Waals surface area contributed by atoms with Crippen LogP contribution in [-0.2, 0) is 0 Å². The molecule has 0 aliphatic heterocycles. The highest BCUT2D eigenvalue weighted by atomic mass is 127. The van der Waals surface area contributed by atoms with Crippen LogP contribution < -0.4 is 28.5 Å². The Bertz CT molecular complexity index is 381. The molecular weight excluding hydrogens is 285 g/mol. The average molecular weight is 297 g/mol. The molecule has 1 aromatic carbocycles. The summed E-state index contributed by atoms with van der Waals surface area (Å²) in [4.78, 5) is 0. The summed E-state index contributed by atoms with van der Waals surface area (Å²) in [5, 5.41) is 0. The SMILES string of the molecule is Cc1ccc(-[n+]2ccccc2)cc1.[I-]. The van der Waals surface area contributed by atoms with Crippen molar-refractivity contribution in [3.8, 4) is 5.69 Å². The van der Waals surface area contributed by atoms with Crippen molar-refractivity contribution in [1.29, 1.82) is 0 Å². The molecule has 0 bridgehead atoms. The molecule has 0 spiro atoms. The van der Waals surface area contributed by atoms with Gasteiger partial charge in [0.2, 0.25) is 5.69 Å². The van der Waals surface area contributed by atoms with Gasteiger partial charge in [-0.1, -0.05) is 23.8 Å². The first-order chi connectivity index (χ1) is 6.36. The third-order valence-electron chi connectivity index (χ3n) is 2.05.